The van der Waals surface area contributed by atoms with Gasteiger partial charge in [0.25, 0.3) is 5.95 Å². The number of anilines is 1. The molecule has 0 aliphatic carbocycles. The highest BCUT2D eigenvalue weighted by molar-refractivity contribution is 5.27. The fourth-order valence-electron chi connectivity index (χ4n) is 1.26. The molecule has 19 heavy (non-hydrogen) atoms. The van der Waals surface area contributed by atoms with Crippen LogP contribution in [0.15, 0.2) is 12.7 Å². The normalized spacial score (nSPS) is 10.4. The Bertz CT molecular complexity index is 503. The maximum Gasteiger partial charge on any atom is 0.323 e. The maximum absolute atomic E-state index is 5.39. The fraction of sp³-hybridized carbons (Fsp3) is 0.444. The minimum Gasteiger partial charge on any atom is -0.463 e. The van der Waals surface area contributed by atoms with Gasteiger partial charge in [-0.3, -0.25) is 5.43 Å². The minimum atomic E-state index is 0.157. The van der Waals surface area contributed by atoms with Gasteiger partial charge in [0, 0.05) is 20.1 Å². The highest BCUT2D eigenvalue weighted by Crippen LogP contribution is 2.09. The van der Waals surface area contributed by atoms with Crippen molar-refractivity contribution >= 4 is 5.95 Å². The zero-order chi connectivity index (χ0) is 13.5. The largest absolute Gasteiger partial charge is 0.463 e. The second-order valence-electron chi connectivity index (χ2n) is 3.42. The first kappa shape index (κ1) is 13.1. The van der Waals surface area contributed by atoms with Gasteiger partial charge in [0.2, 0.25) is 5.95 Å². The van der Waals surface area contributed by atoms with Gasteiger partial charge in [-0.2, -0.15) is 24.7 Å². The molecule has 3 N–H and O–H groups in total. The second-order valence-corrected chi connectivity index (χ2v) is 3.42. The van der Waals surface area contributed by atoms with Crippen LogP contribution in [0.2, 0.25) is 0 Å². The highest BCUT2D eigenvalue weighted by Gasteiger charge is 2.09. The Labute approximate surface area is 109 Å². The van der Waals surface area contributed by atoms with Crippen LogP contribution >= 0.6 is 0 Å². The lowest BCUT2D eigenvalue weighted by atomic mass is 10.5. The van der Waals surface area contributed by atoms with Crippen LogP contribution in [0.3, 0.4) is 0 Å². The van der Waals surface area contributed by atoms with Crippen LogP contribution in [-0.4, -0.2) is 50.0 Å². The summed E-state index contributed by atoms with van der Waals surface area (Å²) in [7, 11) is 1.63. The molecule has 2 aromatic rings. The van der Waals surface area contributed by atoms with Gasteiger partial charge >= 0.3 is 6.01 Å². The summed E-state index contributed by atoms with van der Waals surface area (Å²) >= 11 is 0. The third-order valence-corrected chi connectivity index (χ3v) is 2.08. The Morgan fingerprint density at radius 1 is 1.32 bits per heavy atom. The Hall–Kier alpha value is -2.33. The number of aromatic nitrogens is 6. The number of hydrazine groups is 1. The van der Waals surface area contributed by atoms with E-state index < -0.39 is 0 Å². The van der Waals surface area contributed by atoms with E-state index in [1.54, 1.807) is 7.11 Å². The van der Waals surface area contributed by atoms with Crippen molar-refractivity contribution in [2.45, 2.75) is 6.42 Å². The minimum absolute atomic E-state index is 0.157. The van der Waals surface area contributed by atoms with Crippen molar-refractivity contribution in [1.82, 2.24) is 29.7 Å². The molecule has 0 aliphatic heterocycles. The van der Waals surface area contributed by atoms with E-state index in [2.05, 4.69) is 30.5 Å². The van der Waals surface area contributed by atoms with E-state index in [1.807, 2.05) is 0 Å². The zero-order valence-corrected chi connectivity index (χ0v) is 10.4. The van der Waals surface area contributed by atoms with Crippen LogP contribution in [0.1, 0.15) is 6.42 Å². The molecule has 0 saturated heterocycles. The molecular formula is C9H14N8O2. The topological polar surface area (TPSA) is 126 Å². The molecular weight excluding hydrogens is 252 g/mol. The molecule has 10 heteroatoms. The molecule has 102 valence electrons. The molecule has 0 radical (unpaired) electrons. The van der Waals surface area contributed by atoms with E-state index in [-0.39, 0.29) is 17.9 Å². The van der Waals surface area contributed by atoms with Gasteiger partial charge in [0.15, 0.2) is 0 Å². The Kier molecular flexibility index (Phi) is 4.53. The summed E-state index contributed by atoms with van der Waals surface area (Å²) in [6.45, 7) is 1.03. The average Bonchev–Trinajstić information content (AvgIpc) is 2.97. The SMILES string of the molecule is COCCCOc1nc(NN)nc(-n2cncn2)n1. The van der Waals surface area contributed by atoms with Crippen LogP contribution in [0.5, 0.6) is 6.01 Å². The number of nitrogen functional groups attached to an aromatic ring is 1. The Balaban J connectivity index is 2.12. The first-order valence-corrected chi connectivity index (χ1v) is 5.53. The molecule has 0 saturated carbocycles. The molecule has 0 aromatic carbocycles. The summed E-state index contributed by atoms with van der Waals surface area (Å²) in [5.41, 5.74) is 2.34. The zero-order valence-electron chi connectivity index (χ0n) is 10.4. The number of ether oxygens (including phenoxy) is 2. The van der Waals surface area contributed by atoms with Crippen LogP contribution in [0, 0.1) is 0 Å². The molecule has 0 aliphatic rings. The lowest BCUT2D eigenvalue weighted by Gasteiger charge is -2.07. The van der Waals surface area contributed by atoms with Gasteiger partial charge in [0.1, 0.15) is 12.7 Å². The fourth-order valence-corrected chi connectivity index (χ4v) is 1.26. The molecule has 0 spiro atoms. The van der Waals surface area contributed by atoms with Crippen molar-refractivity contribution in [3.63, 3.8) is 0 Å². The molecule has 0 bridgehead atoms. The summed E-state index contributed by atoms with van der Waals surface area (Å²) in [6, 6.07) is 0.157. The third kappa shape index (κ3) is 3.56. The number of hydrogen-bond acceptors (Lipinski definition) is 9. The van der Waals surface area contributed by atoms with E-state index in [0.29, 0.717) is 13.2 Å². The van der Waals surface area contributed by atoms with Crippen molar-refractivity contribution in [3.05, 3.63) is 12.7 Å². The third-order valence-electron chi connectivity index (χ3n) is 2.08. The van der Waals surface area contributed by atoms with E-state index in [4.69, 9.17) is 15.3 Å². The van der Waals surface area contributed by atoms with Crippen molar-refractivity contribution in [2.75, 3.05) is 25.7 Å². The highest BCUT2D eigenvalue weighted by atomic mass is 16.5. The molecule has 0 atom stereocenters. The van der Waals surface area contributed by atoms with Gasteiger partial charge in [-0.25, -0.2) is 10.8 Å². The number of nitrogens with zero attached hydrogens (tertiary/aromatic N) is 6. The summed E-state index contributed by atoms with van der Waals surface area (Å²) in [6.07, 6.45) is 3.56. The Morgan fingerprint density at radius 3 is 2.89 bits per heavy atom. The van der Waals surface area contributed by atoms with Crippen molar-refractivity contribution in [1.29, 1.82) is 0 Å². The lowest BCUT2D eigenvalue weighted by molar-refractivity contribution is 0.168. The average molecular weight is 266 g/mol. The van der Waals surface area contributed by atoms with Gasteiger partial charge in [-0.1, -0.05) is 0 Å². The first-order chi connectivity index (χ1) is 9.33. The number of methoxy groups -OCH3 is 1. The molecule has 0 unspecified atom stereocenters. The van der Waals surface area contributed by atoms with Crippen LogP contribution < -0.4 is 16.0 Å². The number of rotatable bonds is 7. The summed E-state index contributed by atoms with van der Waals surface area (Å²) < 4.78 is 11.7. The monoisotopic (exact) mass is 266 g/mol. The predicted molar refractivity (Wildman–Crippen MR) is 64.5 cm³/mol. The molecule has 0 amide bonds. The van der Waals surface area contributed by atoms with E-state index in [0.717, 1.165) is 6.42 Å². The summed E-state index contributed by atoms with van der Waals surface area (Å²) in [5.74, 6) is 5.74. The first-order valence-electron chi connectivity index (χ1n) is 5.53. The number of nitrogens with one attached hydrogen (secondary N) is 1. The van der Waals surface area contributed by atoms with Gasteiger partial charge < -0.3 is 9.47 Å². The lowest BCUT2D eigenvalue weighted by Crippen LogP contribution is -2.15. The number of nitrogens with two attached hydrogens (primary N) is 1. The van der Waals surface area contributed by atoms with Crippen molar-refractivity contribution in [2.24, 2.45) is 5.84 Å². The van der Waals surface area contributed by atoms with Gasteiger partial charge in [0.05, 0.1) is 6.61 Å². The standard InChI is InChI=1S/C9H14N8O2/c1-18-3-2-4-19-9-14-7(16-10)13-8(15-9)17-6-11-5-12-17/h5-6H,2-4,10H2,1H3,(H,13,14,15,16). The maximum atomic E-state index is 5.39. The molecule has 2 aromatic heterocycles. The van der Waals surface area contributed by atoms with Crippen LogP contribution in [0.25, 0.3) is 5.95 Å². The summed E-state index contributed by atoms with van der Waals surface area (Å²) in [5, 5.41) is 3.92. The molecule has 2 rings (SSSR count). The van der Waals surface area contributed by atoms with Crippen LogP contribution in [0.4, 0.5) is 5.95 Å². The van der Waals surface area contributed by atoms with Crippen molar-refractivity contribution < 1.29 is 9.47 Å². The molecule has 10 nitrogen and oxygen atoms in total. The second kappa shape index (κ2) is 6.56. The van der Waals surface area contributed by atoms with E-state index in [9.17, 15) is 0 Å². The molecule has 2 heterocycles. The van der Waals surface area contributed by atoms with Crippen molar-refractivity contribution in [3.8, 4) is 12.0 Å². The van der Waals surface area contributed by atoms with E-state index >= 15 is 0 Å². The summed E-state index contributed by atoms with van der Waals surface area (Å²) in [4.78, 5) is 15.9. The van der Waals surface area contributed by atoms with Crippen LogP contribution in [-0.2, 0) is 4.74 Å². The predicted octanol–water partition coefficient (Wildman–Crippen LogP) is -0.847. The number of hydrogen-bond donors (Lipinski definition) is 2. The van der Waals surface area contributed by atoms with E-state index in [1.165, 1.54) is 17.3 Å². The quantitative estimate of drug-likeness (QED) is 0.374. The molecule has 0 fully saturated rings. The Morgan fingerprint density at radius 2 is 2.21 bits per heavy atom. The smallest absolute Gasteiger partial charge is 0.323 e. The van der Waals surface area contributed by atoms with Gasteiger partial charge in [-0.15, -0.1) is 0 Å². The van der Waals surface area contributed by atoms with Gasteiger partial charge in [-0.05, 0) is 0 Å².